The summed E-state index contributed by atoms with van der Waals surface area (Å²) in [7, 11) is 0. The molecule has 1 N–H and O–H groups in total. The first-order chi connectivity index (χ1) is 6.15. The van der Waals surface area contributed by atoms with Crippen LogP contribution in [0.25, 0.3) is 0 Å². The predicted molar refractivity (Wildman–Crippen MR) is 57.8 cm³/mol. The van der Waals surface area contributed by atoms with Crippen molar-refractivity contribution in [1.29, 1.82) is 0 Å². The zero-order valence-electron chi connectivity index (χ0n) is 7.63. The fourth-order valence-electron chi connectivity index (χ4n) is 1.05. The van der Waals surface area contributed by atoms with E-state index < -0.39 is 0 Å². The fraction of sp³-hybridized carbons (Fsp3) is 0.444. The van der Waals surface area contributed by atoms with Crippen LogP contribution in [0.2, 0.25) is 0 Å². The van der Waals surface area contributed by atoms with Crippen LogP contribution in [0.15, 0.2) is 11.4 Å². The van der Waals surface area contributed by atoms with Crippen LogP contribution in [0.3, 0.4) is 0 Å². The Bertz CT molecular complexity index is 296. The molecule has 0 aliphatic carbocycles. The summed E-state index contributed by atoms with van der Waals surface area (Å²) < 4.78 is 0. The van der Waals surface area contributed by atoms with Gasteiger partial charge >= 0.3 is 0 Å². The van der Waals surface area contributed by atoms with E-state index in [0.29, 0.717) is 5.92 Å². The molecule has 0 saturated carbocycles. The smallest absolute Gasteiger partial charge is 0.239 e. The number of hydrogen-bond donors (Lipinski definition) is 1. The number of anilines is 1. The maximum atomic E-state index is 11.0. The lowest BCUT2D eigenvalue weighted by atomic mass is 10.1. The molecular formula is C9H12ClNOS. The lowest BCUT2D eigenvalue weighted by Crippen LogP contribution is -2.13. The number of thiophene rings is 1. The van der Waals surface area contributed by atoms with Gasteiger partial charge in [-0.3, -0.25) is 4.79 Å². The third-order valence-corrected chi connectivity index (χ3v) is 3.08. The molecule has 0 spiro atoms. The van der Waals surface area contributed by atoms with E-state index in [2.05, 4.69) is 19.2 Å². The minimum Gasteiger partial charge on any atom is -0.324 e. The molecule has 0 aliphatic rings. The molecule has 0 saturated heterocycles. The van der Waals surface area contributed by atoms with Gasteiger partial charge in [-0.05, 0) is 17.4 Å². The highest BCUT2D eigenvalue weighted by atomic mass is 35.5. The van der Waals surface area contributed by atoms with Crippen molar-refractivity contribution in [2.45, 2.75) is 19.8 Å². The minimum atomic E-state index is -0.151. The third kappa shape index (κ3) is 2.71. The van der Waals surface area contributed by atoms with Crippen molar-refractivity contribution in [3.8, 4) is 0 Å². The zero-order chi connectivity index (χ0) is 9.84. The van der Waals surface area contributed by atoms with Gasteiger partial charge in [-0.25, -0.2) is 0 Å². The summed E-state index contributed by atoms with van der Waals surface area (Å²) in [6, 6.07) is 1.91. The van der Waals surface area contributed by atoms with E-state index in [4.69, 9.17) is 11.6 Å². The highest BCUT2D eigenvalue weighted by Gasteiger charge is 2.09. The van der Waals surface area contributed by atoms with E-state index in [9.17, 15) is 4.79 Å². The molecule has 72 valence electrons. The van der Waals surface area contributed by atoms with Gasteiger partial charge in [-0.2, -0.15) is 0 Å². The van der Waals surface area contributed by atoms with Gasteiger partial charge in [0, 0.05) is 4.88 Å². The summed E-state index contributed by atoms with van der Waals surface area (Å²) in [5.74, 6) is 0.292. The van der Waals surface area contributed by atoms with Gasteiger partial charge in [0.05, 0.1) is 5.69 Å². The molecule has 0 aliphatic heterocycles. The van der Waals surface area contributed by atoms with Crippen molar-refractivity contribution in [3.05, 3.63) is 16.3 Å². The maximum absolute atomic E-state index is 11.0. The molecule has 1 aromatic rings. The van der Waals surface area contributed by atoms with E-state index in [1.165, 1.54) is 4.88 Å². The molecule has 0 unspecified atom stereocenters. The summed E-state index contributed by atoms with van der Waals surface area (Å²) in [5, 5.41) is 4.73. The van der Waals surface area contributed by atoms with Crippen LogP contribution in [0.4, 0.5) is 5.69 Å². The van der Waals surface area contributed by atoms with Crippen LogP contribution in [-0.2, 0) is 4.79 Å². The Kier molecular flexibility index (Phi) is 3.75. The third-order valence-electron chi connectivity index (χ3n) is 1.62. The van der Waals surface area contributed by atoms with Crippen LogP contribution < -0.4 is 5.32 Å². The van der Waals surface area contributed by atoms with Gasteiger partial charge in [-0.15, -0.1) is 22.9 Å². The van der Waals surface area contributed by atoms with Gasteiger partial charge in [-0.1, -0.05) is 13.8 Å². The van der Waals surface area contributed by atoms with Crippen molar-refractivity contribution in [2.24, 2.45) is 0 Å². The Balaban J connectivity index is 2.76. The molecule has 0 fully saturated rings. The van der Waals surface area contributed by atoms with E-state index in [-0.39, 0.29) is 11.8 Å². The molecular weight excluding hydrogens is 206 g/mol. The highest BCUT2D eigenvalue weighted by Crippen LogP contribution is 2.29. The molecule has 4 heteroatoms. The van der Waals surface area contributed by atoms with Crippen LogP contribution >= 0.6 is 22.9 Å². The Hall–Kier alpha value is -0.540. The summed E-state index contributed by atoms with van der Waals surface area (Å²) >= 11 is 7.04. The van der Waals surface area contributed by atoms with Crippen molar-refractivity contribution in [1.82, 2.24) is 0 Å². The molecule has 1 amide bonds. The van der Waals surface area contributed by atoms with Crippen LogP contribution in [-0.4, -0.2) is 11.8 Å². The van der Waals surface area contributed by atoms with E-state index >= 15 is 0 Å². The number of rotatable bonds is 3. The van der Waals surface area contributed by atoms with Crippen molar-refractivity contribution < 1.29 is 4.79 Å². The first-order valence-electron chi connectivity index (χ1n) is 4.08. The first kappa shape index (κ1) is 10.5. The Labute approximate surface area is 86.9 Å². The van der Waals surface area contributed by atoms with Crippen LogP contribution in [0.1, 0.15) is 24.6 Å². The standard InChI is InChI=1S/C9H12ClNOS/c1-6(2)9-7(3-4-13-9)11-8(12)5-10/h3-4,6H,5H2,1-2H3,(H,11,12). The van der Waals surface area contributed by atoms with Gasteiger partial charge in [0.25, 0.3) is 0 Å². The second-order valence-electron chi connectivity index (χ2n) is 3.04. The van der Waals surface area contributed by atoms with E-state index in [1.807, 2.05) is 11.4 Å². The van der Waals surface area contributed by atoms with Gasteiger partial charge in [0.2, 0.25) is 5.91 Å². The van der Waals surface area contributed by atoms with Crippen LogP contribution in [0.5, 0.6) is 0 Å². The minimum absolute atomic E-state index is 0.00732. The molecule has 1 heterocycles. The van der Waals surface area contributed by atoms with Crippen molar-refractivity contribution >= 4 is 34.5 Å². The summed E-state index contributed by atoms with van der Waals surface area (Å²) in [4.78, 5) is 12.2. The quantitative estimate of drug-likeness (QED) is 0.775. The highest BCUT2D eigenvalue weighted by molar-refractivity contribution is 7.10. The molecule has 0 atom stereocenters. The summed E-state index contributed by atoms with van der Waals surface area (Å²) in [6.07, 6.45) is 0. The molecule has 1 rings (SSSR count). The number of carbonyl (C=O) groups is 1. The number of halogens is 1. The maximum Gasteiger partial charge on any atom is 0.239 e. The molecule has 0 bridgehead atoms. The lowest BCUT2D eigenvalue weighted by Gasteiger charge is -2.06. The Morgan fingerprint density at radius 3 is 2.92 bits per heavy atom. The second-order valence-corrected chi connectivity index (χ2v) is 4.25. The number of hydrogen-bond acceptors (Lipinski definition) is 2. The number of nitrogens with one attached hydrogen (secondary N) is 1. The second kappa shape index (κ2) is 4.63. The molecule has 2 nitrogen and oxygen atoms in total. The zero-order valence-corrected chi connectivity index (χ0v) is 9.21. The summed E-state index contributed by atoms with van der Waals surface area (Å²) in [6.45, 7) is 4.20. The number of amides is 1. The number of alkyl halides is 1. The van der Waals surface area contributed by atoms with E-state index in [0.717, 1.165) is 5.69 Å². The van der Waals surface area contributed by atoms with Crippen molar-refractivity contribution in [3.63, 3.8) is 0 Å². The van der Waals surface area contributed by atoms with Crippen LogP contribution in [0, 0.1) is 0 Å². The normalized spacial score (nSPS) is 10.5. The predicted octanol–water partition coefficient (Wildman–Crippen LogP) is 3.05. The SMILES string of the molecule is CC(C)c1sccc1NC(=O)CCl. The van der Waals surface area contributed by atoms with Crippen molar-refractivity contribution in [2.75, 3.05) is 11.2 Å². The Morgan fingerprint density at radius 2 is 2.38 bits per heavy atom. The largest absolute Gasteiger partial charge is 0.324 e. The van der Waals surface area contributed by atoms with E-state index in [1.54, 1.807) is 11.3 Å². The van der Waals surface area contributed by atoms with Gasteiger partial charge < -0.3 is 5.32 Å². The topological polar surface area (TPSA) is 29.1 Å². The molecule has 13 heavy (non-hydrogen) atoms. The first-order valence-corrected chi connectivity index (χ1v) is 5.49. The van der Waals surface area contributed by atoms with Gasteiger partial charge in [0.1, 0.15) is 5.88 Å². The average Bonchev–Trinajstić information content (AvgIpc) is 2.52. The van der Waals surface area contributed by atoms with Gasteiger partial charge in [0.15, 0.2) is 0 Å². The molecule has 0 radical (unpaired) electrons. The number of carbonyl (C=O) groups excluding carboxylic acids is 1. The molecule has 0 aromatic carbocycles. The Morgan fingerprint density at radius 1 is 1.69 bits per heavy atom. The lowest BCUT2D eigenvalue weighted by molar-refractivity contribution is -0.113. The molecule has 1 aromatic heterocycles. The summed E-state index contributed by atoms with van der Waals surface area (Å²) in [5.41, 5.74) is 0.894. The monoisotopic (exact) mass is 217 g/mol. The average molecular weight is 218 g/mol. The fourth-order valence-corrected chi connectivity index (χ4v) is 1.99.